The van der Waals surface area contributed by atoms with Gasteiger partial charge in [0.15, 0.2) is 5.82 Å². The second-order valence-corrected chi connectivity index (χ2v) is 5.65. The van der Waals surface area contributed by atoms with Gasteiger partial charge in [-0.05, 0) is 34.5 Å². The molecule has 0 bridgehead atoms. The fourth-order valence-electron chi connectivity index (χ4n) is 1.50. The summed E-state index contributed by atoms with van der Waals surface area (Å²) in [5.41, 5.74) is 0.791. The summed E-state index contributed by atoms with van der Waals surface area (Å²) in [6.07, 6.45) is 2.56. The van der Waals surface area contributed by atoms with E-state index in [0.29, 0.717) is 21.8 Å². The van der Waals surface area contributed by atoms with Crippen LogP contribution in [0.15, 0.2) is 28.9 Å². The lowest BCUT2D eigenvalue weighted by molar-refractivity contribution is 0.953. The maximum absolute atomic E-state index is 6.11. The van der Waals surface area contributed by atoms with Gasteiger partial charge < -0.3 is 10.6 Å². The number of benzene rings is 1. The lowest BCUT2D eigenvalue weighted by Gasteiger charge is -2.11. The highest BCUT2D eigenvalue weighted by Crippen LogP contribution is 2.33. The first-order valence-corrected chi connectivity index (χ1v) is 7.64. The smallest absolute Gasteiger partial charge is 0.224 e. The summed E-state index contributed by atoms with van der Waals surface area (Å²) in [4.78, 5) is 8.47. The third kappa shape index (κ3) is 3.75. The molecule has 0 saturated carbocycles. The van der Waals surface area contributed by atoms with Crippen LogP contribution in [-0.2, 0) is 0 Å². The number of aromatic nitrogens is 2. The molecule has 0 aliphatic carbocycles. The van der Waals surface area contributed by atoms with Gasteiger partial charge in [0, 0.05) is 6.54 Å². The molecule has 4 nitrogen and oxygen atoms in total. The second-order valence-electron chi connectivity index (χ2n) is 4.04. The second kappa shape index (κ2) is 7.11. The Bertz CT molecular complexity index is 607. The van der Waals surface area contributed by atoms with Gasteiger partial charge in [0.05, 0.1) is 21.4 Å². The van der Waals surface area contributed by atoms with Crippen molar-refractivity contribution in [2.45, 2.75) is 13.3 Å². The quantitative estimate of drug-likeness (QED) is 0.762. The molecule has 20 heavy (non-hydrogen) atoms. The summed E-state index contributed by atoms with van der Waals surface area (Å²) in [7, 11) is 0. The lowest BCUT2D eigenvalue weighted by atomic mass is 10.3. The van der Waals surface area contributed by atoms with E-state index in [1.807, 2.05) is 12.1 Å². The molecule has 0 fully saturated rings. The summed E-state index contributed by atoms with van der Waals surface area (Å²) in [5, 5.41) is 7.32. The molecule has 2 N–H and O–H groups in total. The average molecular weight is 376 g/mol. The van der Waals surface area contributed by atoms with Crippen LogP contribution in [0.25, 0.3) is 0 Å². The van der Waals surface area contributed by atoms with E-state index in [0.717, 1.165) is 23.1 Å². The molecule has 0 radical (unpaired) electrons. The van der Waals surface area contributed by atoms with Crippen molar-refractivity contribution in [1.82, 2.24) is 9.97 Å². The molecule has 2 rings (SSSR count). The molecule has 106 valence electrons. The van der Waals surface area contributed by atoms with Crippen molar-refractivity contribution in [3.63, 3.8) is 0 Å². The Morgan fingerprint density at radius 2 is 2.05 bits per heavy atom. The van der Waals surface area contributed by atoms with Gasteiger partial charge in [-0.1, -0.05) is 36.2 Å². The zero-order valence-electron chi connectivity index (χ0n) is 10.8. The highest BCUT2D eigenvalue weighted by Gasteiger charge is 2.09. The molecule has 2 aromatic rings. The van der Waals surface area contributed by atoms with E-state index in [2.05, 4.69) is 43.5 Å². The molecule has 1 heterocycles. The molecule has 1 aromatic heterocycles. The fourth-order valence-corrected chi connectivity index (χ4v) is 2.18. The molecule has 0 atom stereocenters. The highest BCUT2D eigenvalue weighted by molar-refractivity contribution is 9.10. The van der Waals surface area contributed by atoms with Gasteiger partial charge in [-0.15, -0.1) is 0 Å². The first kappa shape index (κ1) is 15.4. The van der Waals surface area contributed by atoms with Crippen molar-refractivity contribution in [3.05, 3.63) is 38.9 Å². The van der Waals surface area contributed by atoms with Crippen LogP contribution < -0.4 is 10.6 Å². The summed E-state index contributed by atoms with van der Waals surface area (Å²) < 4.78 is 0.763. The van der Waals surface area contributed by atoms with E-state index in [1.165, 1.54) is 0 Å². The molecule has 0 saturated heterocycles. The Morgan fingerprint density at radius 1 is 1.25 bits per heavy atom. The lowest BCUT2D eigenvalue weighted by Crippen LogP contribution is -2.06. The third-order valence-electron chi connectivity index (χ3n) is 2.48. The number of hydrogen-bond acceptors (Lipinski definition) is 4. The normalized spacial score (nSPS) is 10.4. The first-order valence-electron chi connectivity index (χ1n) is 6.09. The Labute approximate surface area is 136 Å². The van der Waals surface area contributed by atoms with Gasteiger partial charge in [0.1, 0.15) is 5.02 Å². The van der Waals surface area contributed by atoms with E-state index in [-0.39, 0.29) is 0 Å². The van der Waals surface area contributed by atoms with Gasteiger partial charge in [0.25, 0.3) is 0 Å². The van der Waals surface area contributed by atoms with Gasteiger partial charge in [-0.2, -0.15) is 4.98 Å². The molecule has 0 aliphatic rings. The van der Waals surface area contributed by atoms with E-state index < -0.39 is 0 Å². The summed E-state index contributed by atoms with van der Waals surface area (Å²) in [5.74, 6) is 1.07. The van der Waals surface area contributed by atoms with Gasteiger partial charge >= 0.3 is 0 Å². The predicted molar refractivity (Wildman–Crippen MR) is 88.3 cm³/mol. The van der Waals surface area contributed by atoms with Crippen molar-refractivity contribution in [3.8, 4) is 0 Å². The van der Waals surface area contributed by atoms with Gasteiger partial charge in [-0.3, -0.25) is 0 Å². The Morgan fingerprint density at radius 3 is 2.80 bits per heavy atom. The fraction of sp³-hybridized carbons (Fsp3) is 0.231. The highest BCUT2D eigenvalue weighted by atomic mass is 79.9. The van der Waals surface area contributed by atoms with E-state index in [4.69, 9.17) is 23.2 Å². The minimum absolute atomic E-state index is 0.443. The number of rotatable bonds is 5. The molecule has 0 aliphatic heterocycles. The summed E-state index contributed by atoms with van der Waals surface area (Å²) in [6.45, 7) is 2.88. The number of halogens is 3. The maximum atomic E-state index is 6.11. The Balaban J connectivity index is 2.26. The van der Waals surface area contributed by atoms with Gasteiger partial charge in [-0.25, -0.2) is 4.98 Å². The molecule has 7 heteroatoms. The van der Waals surface area contributed by atoms with Crippen molar-refractivity contribution in [2.24, 2.45) is 0 Å². The first-order chi connectivity index (χ1) is 9.61. The molecule has 1 aromatic carbocycles. The number of nitrogens with one attached hydrogen (secondary N) is 2. The van der Waals surface area contributed by atoms with Crippen LogP contribution in [0.4, 0.5) is 17.5 Å². The van der Waals surface area contributed by atoms with E-state index >= 15 is 0 Å². The van der Waals surface area contributed by atoms with Crippen LogP contribution in [0.5, 0.6) is 0 Å². The monoisotopic (exact) mass is 374 g/mol. The van der Waals surface area contributed by atoms with Crippen LogP contribution >= 0.6 is 39.1 Å². The third-order valence-corrected chi connectivity index (χ3v) is 4.16. The molecular weight excluding hydrogens is 363 g/mol. The Hall–Kier alpha value is -1.04. The summed E-state index contributed by atoms with van der Waals surface area (Å²) in [6, 6.07) is 5.53. The van der Waals surface area contributed by atoms with E-state index in [9.17, 15) is 0 Å². The topological polar surface area (TPSA) is 49.8 Å². The van der Waals surface area contributed by atoms with Crippen molar-refractivity contribution < 1.29 is 0 Å². The Kier molecular flexibility index (Phi) is 5.46. The number of nitrogens with zero attached hydrogens (tertiary/aromatic N) is 2. The van der Waals surface area contributed by atoms with Crippen LogP contribution in [-0.4, -0.2) is 16.5 Å². The zero-order valence-corrected chi connectivity index (χ0v) is 13.8. The standard InChI is InChI=1S/C13H13BrCl2N4/c1-2-6-17-13-18-7-9(16)12(20-13)19-10-5-3-4-8(15)11(10)14/h3-5,7H,2,6H2,1H3,(H2,17,18,19,20). The SMILES string of the molecule is CCCNc1ncc(Cl)c(Nc2cccc(Cl)c2Br)n1. The maximum Gasteiger partial charge on any atom is 0.224 e. The van der Waals surface area contributed by atoms with Crippen LogP contribution in [0.1, 0.15) is 13.3 Å². The van der Waals surface area contributed by atoms with Crippen LogP contribution in [0.3, 0.4) is 0 Å². The molecule has 0 amide bonds. The van der Waals surface area contributed by atoms with Crippen molar-refractivity contribution in [2.75, 3.05) is 17.2 Å². The molecule has 0 spiro atoms. The van der Waals surface area contributed by atoms with Crippen LogP contribution in [0.2, 0.25) is 10.0 Å². The van der Waals surface area contributed by atoms with Crippen molar-refractivity contribution in [1.29, 1.82) is 0 Å². The minimum Gasteiger partial charge on any atom is -0.354 e. The molecular formula is C13H13BrCl2N4. The minimum atomic E-state index is 0.443. The zero-order chi connectivity index (χ0) is 14.5. The largest absolute Gasteiger partial charge is 0.354 e. The predicted octanol–water partition coefficient (Wildman–Crippen LogP) is 5.11. The van der Waals surface area contributed by atoms with E-state index in [1.54, 1.807) is 12.3 Å². The molecule has 0 unspecified atom stereocenters. The van der Waals surface area contributed by atoms with Crippen molar-refractivity contribution >= 4 is 56.6 Å². The average Bonchev–Trinajstić information content (AvgIpc) is 2.44. The van der Waals surface area contributed by atoms with Gasteiger partial charge in [0.2, 0.25) is 5.95 Å². The van der Waals surface area contributed by atoms with Crippen LogP contribution in [0, 0.1) is 0 Å². The number of anilines is 3. The number of hydrogen-bond donors (Lipinski definition) is 2. The summed E-state index contributed by atoms with van der Waals surface area (Å²) >= 11 is 15.6.